The highest BCUT2D eigenvalue weighted by Gasteiger charge is 2.20. The maximum Gasteiger partial charge on any atom is 0.237 e. The van der Waals surface area contributed by atoms with Gasteiger partial charge in [-0.15, -0.1) is 0 Å². The Morgan fingerprint density at radius 2 is 1.63 bits per heavy atom. The van der Waals surface area contributed by atoms with Crippen molar-refractivity contribution in [2.24, 2.45) is 0 Å². The highest BCUT2D eigenvalue weighted by molar-refractivity contribution is 5.83. The first-order valence-electron chi connectivity index (χ1n) is 5.53. The molecule has 1 heterocycles. The van der Waals surface area contributed by atoms with Crippen molar-refractivity contribution in [2.45, 2.75) is 13.8 Å². The lowest BCUT2D eigenvalue weighted by Gasteiger charge is -2.17. The standard InChI is InChI=1S/C13H11F2N3O/c1-8-6-9(2)17-13(16-8)18(7-19)12-10(14)4-3-5-11(12)15/h3-7H,1-2H3. The average molecular weight is 263 g/mol. The Bertz CT molecular complexity index is 591. The van der Waals surface area contributed by atoms with E-state index in [2.05, 4.69) is 9.97 Å². The first-order chi connectivity index (χ1) is 9.02. The van der Waals surface area contributed by atoms with Gasteiger partial charge in [0, 0.05) is 11.4 Å². The summed E-state index contributed by atoms with van der Waals surface area (Å²) in [7, 11) is 0. The van der Waals surface area contributed by atoms with Crippen LogP contribution in [0.2, 0.25) is 0 Å². The third kappa shape index (κ3) is 2.57. The van der Waals surface area contributed by atoms with Crippen molar-refractivity contribution in [2.75, 3.05) is 4.90 Å². The Hall–Kier alpha value is -2.37. The molecular formula is C13H11F2N3O. The van der Waals surface area contributed by atoms with Gasteiger partial charge >= 0.3 is 0 Å². The van der Waals surface area contributed by atoms with E-state index in [4.69, 9.17) is 0 Å². The number of halogens is 2. The van der Waals surface area contributed by atoms with Gasteiger partial charge in [0.1, 0.15) is 17.3 Å². The highest BCUT2D eigenvalue weighted by atomic mass is 19.1. The van der Waals surface area contributed by atoms with Crippen molar-refractivity contribution >= 4 is 18.0 Å². The zero-order chi connectivity index (χ0) is 14.0. The Balaban J connectivity index is 2.59. The Morgan fingerprint density at radius 1 is 1.11 bits per heavy atom. The van der Waals surface area contributed by atoms with Crippen LogP contribution < -0.4 is 4.90 Å². The molecule has 1 amide bonds. The number of aromatic nitrogens is 2. The molecule has 19 heavy (non-hydrogen) atoms. The Labute approximate surface area is 108 Å². The first kappa shape index (κ1) is 13.1. The number of hydrogen-bond acceptors (Lipinski definition) is 3. The van der Waals surface area contributed by atoms with Crippen molar-refractivity contribution in [1.82, 2.24) is 9.97 Å². The van der Waals surface area contributed by atoms with Gasteiger partial charge in [-0.2, -0.15) is 0 Å². The van der Waals surface area contributed by atoms with E-state index in [9.17, 15) is 13.6 Å². The molecule has 0 unspecified atom stereocenters. The van der Waals surface area contributed by atoms with Gasteiger partial charge in [0.25, 0.3) is 0 Å². The van der Waals surface area contributed by atoms with Crippen molar-refractivity contribution in [3.8, 4) is 0 Å². The fourth-order valence-electron chi connectivity index (χ4n) is 1.73. The molecule has 6 heteroatoms. The number of rotatable bonds is 3. The van der Waals surface area contributed by atoms with Gasteiger partial charge in [-0.3, -0.25) is 4.79 Å². The van der Waals surface area contributed by atoms with Crippen molar-refractivity contribution in [3.63, 3.8) is 0 Å². The number of carbonyl (C=O) groups excluding carboxylic acids is 1. The first-order valence-corrected chi connectivity index (χ1v) is 5.53. The Morgan fingerprint density at radius 3 is 2.11 bits per heavy atom. The molecule has 0 saturated heterocycles. The normalized spacial score (nSPS) is 10.3. The van der Waals surface area contributed by atoms with Crippen LogP contribution in [0, 0.1) is 25.5 Å². The summed E-state index contributed by atoms with van der Waals surface area (Å²) >= 11 is 0. The van der Waals surface area contributed by atoms with E-state index >= 15 is 0 Å². The van der Waals surface area contributed by atoms with Gasteiger partial charge in [-0.25, -0.2) is 23.6 Å². The number of anilines is 2. The number of hydrogen-bond donors (Lipinski definition) is 0. The molecule has 0 aliphatic heterocycles. The van der Waals surface area contributed by atoms with Gasteiger partial charge < -0.3 is 0 Å². The smallest absolute Gasteiger partial charge is 0.237 e. The molecule has 2 aromatic rings. The van der Waals surface area contributed by atoms with Crippen LogP contribution in [0.1, 0.15) is 11.4 Å². The second kappa shape index (κ2) is 5.09. The van der Waals surface area contributed by atoms with Crippen molar-refractivity contribution in [1.29, 1.82) is 0 Å². The molecule has 0 saturated carbocycles. The summed E-state index contributed by atoms with van der Waals surface area (Å²) in [6, 6.07) is 5.05. The molecule has 0 N–H and O–H groups in total. The zero-order valence-corrected chi connectivity index (χ0v) is 10.4. The number of nitrogens with zero attached hydrogens (tertiary/aromatic N) is 3. The molecule has 1 aromatic carbocycles. The molecule has 0 radical (unpaired) electrons. The van der Waals surface area contributed by atoms with Crippen LogP contribution in [0.4, 0.5) is 20.4 Å². The van der Waals surface area contributed by atoms with Gasteiger partial charge in [0.2, 0.25) is 12.4 Å². The van der Waals surface area contributed by atoms with Crippen LogP contribution in [-0.2, 0) is 4.79 Å². The summed E-state index contributed by atoms with van der Waals surface area (Å²) in [4.78, 5) is 19.9. The monoisotopic (exact) mass is 263 g/mol. The number of benzene rings is 1. The van der Waals surface area contributed by atoms with Gasteiger partial charge in [-0.05, 0) is 32.0 Å². The summed E-state index contributed by atoms with van der Waals surface area (Å²) in [5.41, 5.74) is 0.722. The summed E-state index contributed by atoms with van der Waals surface area (Å²) in [6.45, 7) is 3.41. The molecule has 1 aromatic heterocycles. The van der Waals surface area contributed by atoms with E-state index in [1.807, 2.05) is 0 Å². The van der Waals surface area contributed by atoms with Crippen LogP contribution >= 0.6 is 0 Å². The largest absolute Gasteiger partial charge is 0.278 e. The van der Waals surface area contributed by atoms with E-state index < -0.39 is 17.3 Å². The summed E-state index contributed by atoms with van der Waals surface area (Å²) in [5.74, 6) is -1.76. The Kier molecular flexibility index (Phi) is 3.50. The van der Waals surface area contributed by atoms with Crippen LogP contribution in [0.25, 0.3) is 0 Å². The summed E-state index contributed by atoms with van der Waals surface area (Å²) in [6.07, 6.45) is 0.287. The lowest BCUT2D eigenvalue weighted by atomic mass is 10.2. The van der Waals surface area contributed by atoms with Crippen molar-refractivity contribution < 1.29 is 13.6 Å². The van der Waals surface area contributed by atoms with Crippen molar-refractivity contribution in [3.05, 3.63) is 47.3 Å². The quantitative estimate of drug-likeness (QED) is 0.800. The molecule has 4 nitrogen and oxygen atoms in total. The zero-order valence-electron chi connectivity index (χ0n) is 10.4. The third-order valence-electron chi connectivity index (χ3n) is 2.47. The van der Waals surface area contributed by atoms with Gasteiger partial charge in [0.15, 0.2) is 0 Å². The van der Waals surface area contributed by atoms with E-state index in [-0.39, 0.29) is 12.4 Å². The van der Waals surface area contributed by atoms with E-state index in [1.54, 1.807) is 19.9 Å². The molecule has 0 spiro atoms. The molecule has 2 rings (SSSR count). The molecule has 0 aliphatic carbocycles. The topological polar surface area (TPSA) is 46.1 Å². The van der Waals surface area contributed by atoms with Crippen LogP contribution in [0.5, 0.6) is 0 Å². The highest BCUT2D eigenvalue weighted by Crippen LogP contribution is 2.27. The minimum Gasteiger partial charge on any atom is -0.278 e. The molecule has 98 valence electrons. The lowest BCUT2D eigenvalue weighted by Crippen LogP contribution is -2.20. The maximum absolute atomic E-state index is 13.7. The molecule has 0 bridgehead atoms. The fraction of sp³-hybridized carbons (Fsp3) is 0.154. The van der Waals surface area contributed by atoms with Gasteiger partial charge in [-0.1, -0.05) is 6.07 Å². The van der Waals surface area contributed by atoms with Gasteiger partial charge in [0.05, 0.1) is 0 Å². The number of para-hydroxylation sites is 1. The molecule has 0 atom stereocenters. The minimum atomic E-state index is -0.852. The fourth-order valence-corrected chi connectivity index (χ4v) is 1.73. The lowest BCUT2D eigenvalue weighted by molar-refractivity contribution is -0.107. The molecule has 0 fully saturated rings. The van der Waals surface area contributed by atoms with E-state index in [1.165, 1.54) is 6.07 Å². The number of amides is 1. The second-order valence-electron chi connectivity index (χ2n) is 4.00. The SMILES string of the molecule is Cc1cc(C)nc(N(C=O)c2c(F)cccc2F)n1. The number of aryl methyl sites for hydroxylation is 2. The summed E-state index contributed by atoms with van der Waals surface area (Å²) < 4.78 is 27.4. The maximum atomic E-state index is 13.7. The third-order valence-corrected chi connectivity index (χ3v) is 2.47. The van der Waals surface area contributed by atoms with E-state index in [0.29, 0.717) is 11.4 Å². The van der Waals surface area contributed by atoms with E-state index in [0.717, 1.165) is 17.0 Å². The predicted molar refractivity (Wildman–Crippen MR) is 66.1 cm³/mol. The molecular weight excluding hydrogens is 252 g/mol. The molecule has 0 aliphatic rings. The average Bonchev–Trinajstić information content (AvgIpc) is 2.32. The predicted octanol–water partition coefficient (Wildman–Crippen LogP) is 2.67. The van der Waals surface area contributed by atoms with Crippen LogP contribution in [0.15, 0.2) is 24.3 Å². The summed E-state index contributed by atoms with van der Waals surface area (Å²) in [5, 5.41) is 0. The van der Waals surface area contributed by atoms with Crippen LogP contribution in [-0.4, -0.2) is 16.4 Å². The minimum absolute atomic E-state index is 0.0588. The number of carbonyl (C=O) groups is 1. The second-order valence-corrected chi connectivity index (χ2v) is 4.00. The van der Waals surface area contributed by atoms with Crippen LogP contribution in [0.3, 0.4) is 0 Å².